The van der Waals surface area contributed by atoms with Gasteiger partial charge in [-0.3, -0.25) is 4.79 Å². The summed E-state index contributed by atoms with van der Waals surface area (Å²) in [5.41, 5.74) is 2.36. The molecule has 1 amide bonds. The molecule has 0 aromatic rings. The first-order valence-corrected chi connectivity index (χ1v) is 31.3. The van der Waals surface area contributed by atoms with Crippen LogP contribution in [-0.4, -0.2) is 190 Å². The van der Waals surface area contributed by atoms with Crippen LogP contribution in [0.4, 0.5) is 4.79 Å². The quantitative estimate of drug-likeness (QED) is 0.107. The minimum Gasteiger partial charge on any atom is -0.460 e. The third kappa shape index (κ3) is 12.9. The van der Waals surface area contributed by atoms with Gasteiger partial charge in [-0.1, -0.05) is 46.6 Å². The number of rotatable bonds is 17. The number of amides is 1. The van der Waals surface area contributed by atoms with E-state index in [1.807, 2.05) is 0 Å². The highest BCUT2D eigenvalue weighted by Crippen LogP contribution is 2.51. The van der Waals surface area contributed by atoms with E-state index in [0.29, 0.717) is 83.1 Å². The number of esters is 1. The molecule has 2 unspecified atom stereocenters. The fourth-order valence-electron chi connectivity index (χ4n) is 16.2. The zero-order valence-electron chi connectivity index (χ0n) is 48.4. The Morgan fingerprint density at radius 3 is 2.33 bits per heavy atom. The average Bonchev–Trinajstić information content (AvgIpc) is 4.34. The predicted molar refractivity (Wildman–Crippen MR) is 291 cm³/mol. The number of nitrogens with one attached hydrogen (secondary N) is 1. The van der Waals surface area contributed by atoms with E-state index in [2.05, 4.69) is 45.8 Å². The van der Waals surface area contributed by atoms with Crippen LogP contribution in [0.5, 0.6) is 0 Å². The Bertz CT molecular complexity index is 2240. The van der Waals surface area contributed by atoms with E-state index in [0.717, 1.165) is 63.4 Å². The molecule has 0 saturated carbocycles. The van der Waals surface area contributed by atoms with Crippen LogP contribution >= 0.6 is 0 Å². The number of ether oxygens (including phenoxy) is 15. The van der Waals surface area contributed by atoms with Gasteiger partial charge in [0.05, 0.1) is 129 Å². The van der Waals surface area contributed by atoms with E-state index >= 15 is 0 Å². The lowest BCUT2D eigenvalue weighted by Crippen LogP contribution is -2.60. The van der Waals surface area contributed by atoms with Gasteiger partial charge in [0, 0.05) is 71.4 Å². The fraction of sp³-hybridized carbons (Fsp3) is 0.871. The summed E-state index contributed by atoms with van der Waals surface area (Å²) in [6.07, 6.45) is 11.3. The summed E-state index contributed by atoms with van der Waals surface area (Å²) < 4.78 is 97.6. The van der Waals surface area contributed by atoms with Gasteiger partial charge in [0.25, 0.3) is 0 Å². The molecule has 19 nitrogen and oxygen atoms in total. The number of carbonyl (C=O) groups excluding carboxylic acids is 2. The largest absolute Gasteiger partial charge is 0.460 e. The topological polar surface area (TPSA) is 205 Å². The van der Waals surface area contributed by atoms with Crippen molar-refractivity contribution < 1.29 is 85.7 Å². The van der Waals surface area contributed by atoms with Gasteiger partial charge in [0.15, 0.2) is 11.6 Å². The van der Waals surface area contributed by atoms with Gasteiger partial charge in [-0.05, 0) is 93.6 Å². The highest BCUT2D eigenvalue weighted by atomic mass is 16.7. The number of hydrogen-bond donors (Lipinski definition) is 2. The van der Waals surface area contributed by atoms with E-state index in [1.165, 1.54) is 11.6 Å². The van der Waals surface area contributed by atoms with Crippen molar-refractivity contribution in [2.24, 2.45) is 11.8 Å². The van der Waals surface area contributed by atoms with E-state index in [-0.39, 0.29) is 147 Å². The highest BCUT2D eigenvalue weighted by Gasteiger charge is 2.61. The zero-order chi connectivity index (χ0) is 56.2. The Balaban J connectivity index is 0.587. The number of carbonyl (C=O) groups is 2. The van der Waals surface area contributed by atoms with Gasteiger partial charge in [-0.25, -0.2) is 4.79 Å². The third-order valence-electron chi connectivity index (χ3n) is 20.4. The van der Waals surface area contributed by atoms with Gasteiger partial charge >= 0.3 is 12.1 Å². The number of aliphatic hydroxyl groups is 1. The van der Waals surface area contributed by atoms with Crippen molar-refractivity contribution in [2.75, 3.05) is 26.9 Å². The molecule has 0 radical (unpaired) electrons. The van der Waals surface area contributed by atoms with Crippen LogP contribution in [0, 0.1) is 11.8 Å². The Hall–Kier alpha value is -2.60. The Morgan fingerprint density at radius 2 is 1.49 bits per heavy atom. The van der Waals surface area contributed by atoms with Crippen LogP contribution in [0.2, 0.25) is 0 Å². The van der Waals surface area contributed by atoms with E-state index < -0.39 is 36.0 Å². The molecule has 26 atom stereocenters. The summed E-state index contributed by atoms with van der Waals surface area (Å²) in [5, 5.41) is 14.1. The Labute approximate surface area is 478 Å². The first-order chi connectivity index (χ1) is 39.1. The van der Waals surface area contributed by atoms with Crippen molar-refractivity contribution in [3.05, 3.63) is 37.0 Å². The molecular weight excluding hydrogens is 1050 g/mol. The van der Waals surface area contributed by atoms with Crippen LogP contribution in [-0.2, 0) is 75.8 Å². The number of hydrogen-bond acceptors (Lipinski definition) is 18. The molecule has 19 heteroatoms. The number of aliphatic hydroxyl groups excluding tert-OH is 1. The lowest BCUT2D eigenvalue weighted by atomic mass is 9.81. The fourth-order valence-corrected chi connectivity index (χ4v) is 16.2. The first-order valence-electron chi connectivity index (χ1n) is 31.3. The minimum atomic E-state index is -0.872. The minimum absolute atomic E-state index is 0.00902. The monoisotopic (exact) mass is 1140 g/mol. The van der Waals surface area contributed by atoms with Crippen molar-refractivity contribution in [3.63, 3.8) is 0 Å². The summed E-state index contributed by atoms with van der Waals surface area (Å²) in [5.74, 6) is -1.39. The normalized spacial score (nSPS) is 48.3. The van der Waals surface area contributed by atoms with Crippen molar-refractivity contribution in [2.45, 2.75) is 301 Å². The van der Waals surface area contributed by atoms with Gasteiger partial charge in [0.1, 0.15) is 24.9 Å². The Kier molecular flexibility index (Phi) is 18.1. The third-order valence-corrected chi connectivity index (χ3v) is 20.4. The summed E-state index contributed by atoms with van der Waals surface area (Å²) in [7, 11) is 1.74. The lowest BCUT2D eigenvalue weighted by Gasteiger charge is -2.53. The van der Waals surface area contributed by atoms with Crippen LogP contribution < -0.4 is 5.32 Å². The van der Waals surface area contributed by atoms with Crippen LogP contribution in [0.25, 0.3) is 0 Å². The summed E-state index contributed by atoms with van der Waals surface area (Å²) in [6.45, 7) is 19.7. The first kappa shape index (κ1) is 58.8. The molecule has 1 spiro atoms. The maximum Gasteiger partial charge on any atom is 0.407 e. The molecule has 12 saturated heterocycles. The molecule has 12 fully saturated rings. The maximum atomic E-state index is 13.7. The smallest absolute Gasteiger partial charge is 0.407 e. The Morgan fingerprint density at radius 1 is 0.716 bits per heavy atom. The van der Waals surface area contributed by atoms with Gasteiger partial charge in [0.2, 0.25) is 0 Å². The molecule has 2 N–H and O–H groups in total. The average molecular weight is 1140 g/mol. The number of fused-ring (bicyclic) bond motifs is 10. The summed E-state index contributed by atoms with van der Waals surface area (Å²) in [4.78, 5) is 25.8. The molecular formula is C62H93NO18. The van der Waals surface area contributed by atoms with Gasteiger partial charge < -0.3 is 81.5 Å². The molecule has 4 bridgehead atoms. The highest BCUT2D eigenvalue weighted by molar-refractivity contribution is 5.70. The summed E-state index contributed by atoms with van der Waals surface area (Å²) in [6, 6.07) is 0. The van der Waals surface area contributed by atoms with E-state index in [1.54, 1.807) is 7.11 Å². The molecule has 0 aromatic heterocycles. The van der Waals surface area contributed by atoms with Crippen LogP contribution in [0.15, 0.2) is 37.0 Å². The second-order valence-corrected chi connectivity index (χ2v) is 26.2. The second-order valence-electron chi connectivity index (χ2n) is 26.2. The van der Waals surface area contributed by atoms with Gasteiger partial charge in [-0.15, -0.1) is 0 Å². The number of alkyl carbamates (subject to hydrolysis) is 1. The SMILES string of the molecule is C=CCOC(=O)NC[C@@H]1CC[C@@H]2O[C@]3(CC[C@H](O)[C@H](C[C@H]4CC5OC6C[C@@H](OC(=O)C[C@H]7CC[C@@H]8O[C@@H]9C[C@@H](O[C@@]%10(CC[C@H]%11CC(=C)[C@H](CC[C@H]%12C[C@@H](C)C(=C)[C@@H](CC)O%12)O%11)C[C@@H](OC)[C@@H]9O%10)[C@H]8O7)CO[C@H]6C[C@H]5O4)O3)C[C@H](C)[C@@H]2O1. The van der Waals surface area contributed by atoms with Crippen LogP contribution in [0.3, 0.4) is 0 Å². The van der Waals surface area contributed by atoms with Crippen molar-refractivity contribution >= 4 is 12.1 Å². The second kappa shape index (κ2) is 25.0. The molecule has 81 heavy (non-hydrogen) atoms. The zero-order valence-corrected chi connectivity index (χ0v) is 48.4. The predicted octanol–water partition coefficient (Wildman–Crippen LogP) is 7.54. The molecule has 0 aromatic carbocycles. The maximum absolute atomic E-state index is 13.7. The molecule has 12 rings (SSSR count). The molecule has 454 valence electrons. The summed E-state index contributed by atoms with van der Waals surface area (Å²) >= 11 is 0. The van der Waals surface area contributed by atoms with Crippen LogP contribution in [0.1, 0.15) is 156 Å². The molecule has 12 heterocycles. The van der Waals surface area contributed by atoms with E-state index in [4.69, 9.17) is 71.1 Å². The van der Waals surface area contributed by atoms with Crippen molar-refractivity contribution in [3.8, 4) is 0 Å². The molecule has 12 aliphatic heterocycles. The van der Waals surface area contributed by atoms with E-state index in [9.17, 15) is 14.7 Å². The van der Waals surface area contributed by atoms with Gasteiger partial charge in [-0.2, -0.15) is 0 Å². The molecule has 12 aliphatic rings. The number of methoxy groups -OCH3 is 1. The molecule has 0 aliphatic carbocycles. The van der Waals surface area contributed by atoms with Crippen molar-refractivity contribution in [1.82, 2.24) is 5.32 Å². The van der Waals surface area contributed by atoms with Crippen molar-refractivity contribution in [1.29, 1.82) is 0 Å². The standard InChI is InChI=1S/C62H93NO18/c1-8-20-68-60(66)63-31-40-12-15-47-57(75-40)35(5)29-61(78-47)19-17-43(64)48(79-61)23-41-24-51-52(72-41)27-49-50(77-51)25-42(32-69-49)73-56(65)26-38-11-14-46-58(74-38)54-28-53(76-46)59-55(67-7)30-62(80-54,81-59)18-16-39-22-34(4)45(71-39)13-10-37-21-33(3)36(6)44(9-2)70-37/h8,33,35,37-55,57-59,64H,1,4,6,9-32H2,2-3,5,7H3,(H,63,66)/t33-,35+,37+,38-,39+,40+,41+,42-,43+,44-,45+,46+,47+,48+,49+,50?,51?,52-,53-,54-,55-,57+,58+,59-,61+,62-/m1/s1. The lowest BCUT2D eigenvalue weighted by molar-refractivity contribution is -0.364.